The zero-order valence-corrected chi connectivity index (χ0v) is 21.0. The first-order valence-electron chi connectivity index (χ1n) is 12.8. The molecule has 3 aromatic carbocycles. The molecule has 1 heterocycles. The van der Waals surface area contributed by atoms with Crippen molar-refractivity contribution < 1.29 is 28.6 Å². The lowest BCUT2D eigenvalue weighted by Gasteiger charge is -2.38. The molecule has 1 aliphatic carbocycles. The lowest BCUT2D eigenvalue weighted by atomic mass is 9.65. The Morgan fingerprint density at radius 2 is 1.55 bits per heavy atom. The topological polar surface area (TPSA) is 98.9 Å². The molecule has 0 radical (unpaired) electrons. The third-order valence-corrected chi connectivity index (χ3v) is 6.97. The second-order valence-electron chi connectivity index (χ2n) is 9.59. The molecule has 1 saturated carbocycles. The molecule has 0 atom stereocenters. The molecule has 0 saturated heterocycles. The Bertz CT molecular complexity index is 1380. The Morgan fingerprint density at radius 1 is 0.895 bits per heavy atom. The van der Waals surface area contributed by atoms with Crippen LogP contribution in [0.5, 0.6) is 5.75 Å². The molecule has 4 aromatic rings. The first kappa shape index (κ1) is 25.3. The van der Waals surface area contributed by atoms with E-state index >= 15 is 0 Å². The number of benzene rings is 3. The van der Waals surface area contributed by atoms with Crippen molar-refractivity contribution in [1.82, 2.24) is 4.98 Å². The summed E-state index contributed by atoms with van der Waals surface area (Å²) in [6.07, 6.45) is 2.52. The molecule has 1 aliphatic rings. The summed E-state index contributed by atoms with van der Waals surface area (Å²) in [5, 5.41) is 8.80. The number of aryl methyl sites for hydroxylation is 1. The average Bonchev–Trinajstić information content (AvgIpc) is 3.34. The Kier molecular flexibility index (Phi) is 7.54. The van der Waals surface area contributed by atoms with Crippen LogP contribution in [0.2, 0.25) is 0 Å². The molecule has 1 N–H and O–H groups in total. The molecular weight excluding hydrogens is 482 g/mol. The Morgan fingerprint density at radius 3 is 2.16 bits per heavy atom. The maximum atomic E-state index is 12.3. The molecule has 7 heteroatoms. The van der Waals surface area contributed by atoms with E-state index in [2.05, 4.69) is 4.74 Å². The molecule has 194 valence electrons. The minimum Gasteiger partial charge on any atom is -0.494 e. The molecule has 0 bridgehead atoms. The normalized spacial score (nSPS) is 13.9. The lowest BCUT2D eigenvalue weighted by Crippen LogP contribution is -2.42. The maximum absolute atomic E-state index is 12.3. The molecular formula is C31H29NO6. The number of rotatable bonds is 10. The van der Waals surface area contributed by atoms with Gasteiger partial charge in [0.15, 0.2) is 5.76 Å². The van der Waals surface area contributed by atoms with Crippen molar-refractivity contribution in [2.45, 2.75) is 38.5 Å². The maximum Gasteiger partial charge on any atom is 0.513 e. The number of hydrogen-bond acceptors (Lipinski definition) is 6. The zero-order chi connectivity index (χ0) is 26.4. The minimum atomic E-state index is -1.55. The van der Waals surface area contributed by atoms with E-state index in [0.29, 0.717) is 38.2 Å². The third-order valence-electron chi connectivity index (χ3n) is 6.97. The van der Waals surface area contributed by atoms with Crippen molar-refractivity contribution >= 4 is 12.1 Å². The number of ether oxygens (including phenoxy) is 2. The number of aromatic nitrogens is 1. The van der Waals surface area contributed by atoms with Crippen LogP contribution in [0.1, 0.15) is 36.9 Å². The second kappa shape index (κ2) is 11.3. The van der Waals surface area contributed by atoms with Crippen LogP contribution in [0.25, 0.3) is 22.8 Å². The number of carbonyl (C=O) groups is 2. The molecule has 1 fully saturated rings. The van der Waals surface area contributed by atoms with Crippen LogP contribution in [0.3, 0.4) is 0 Å². The van der Waals surface area contributed by atoms with Gasteiger partial charge in [-0.2, -0.15) is 0 Å². The predicted molar refractivity (Wildman–Crippen MR) is 142 cm³/mol. The highest BCUT2D eigenvalue weighted by atomic mass is 16.7. The van der Waals surface area contributed by atoms with Gasteiger partial charge in [0, 0.05) is 11.1 Å². The fourth-order valence-corrected chi connectivity index (χ4v) is 4.81. The Hall–Kier alpha value is -4.39. The second-order valence-corrected chi connectivity index (χ2v) is 9.59. The number of carboxylic acid groups (broad SMARTS) is 1. The summed E-state index contributed by atoms with van der Waals surface area (Å²) < 4.78 is 16.6. The number of oxazole rings is 1. The van der Waals surface area contributed by atoms with E-state index in [0.717, 1.165) is 46.7 Å². The van der Waals surface area contributed by atoms with E-state index in [1.54, 1.807) is 0 Å². The van der Waals surface area contributed by atoms with Gasteiger partial charge in [-0.05, 0) is 61.9 Å². The monoisotopic (exact) mass is 511 g/mol. The van der Waals surface area contributed by atoms with Crippen LogP contribution in [0.15, 0.2) is 89.3 Å². The van der Waals surface area contributed by atoms with Crippen molar-refractivity contribution in [3.05, 3.63) is 96.2 Å². The first-order chi connectivity index (χ1) is 18.5. The molecule has 5 rings (SSSR count). The van der Waals surface area contributed by atoms with E-state index in [9.17, 15) is 9.59 Å². The fourth-order valence-electron chi connectivity index (χ4n) is 4.81. The number of esters is 1. The van der Waals surface area contributed by atoms with Crippen LogP contribution in [-0.4, -0.2) is 28.8 Å². The van der Waals surface area contributed by atoms with Crippen LogP contribution in [-0.2, 0) is 22.4 Å². The summed E-state index contributed by atoms with van der Waals surface area (Å²) >= 11 is 0. The molecule has 7 nitrogen and oxygen atoms in total. The predicted octanol–water partition coefficient (Wildman–Crippen LogP) is 6.95. The molecule has 38 heavy (non-hydrogen) atoms. The van der Waals surface area contributed by atoms with Crippen molar-refractivity contribution in [3.63, 3.8) is 0 Å². The van der Waals surface area contributed by atoms with Crippen molar-refractivity contribution in [1.29, 1.82) is 0 Å². The zero-order valence-electron chi connectivity index (χ0n) is 21.0. The highest BCUT2D eigenvalue weighted by Crippen LogP contribution is 2.45. The van der Waals surface area contributed by atoms with Crippen molar-refractivity contribution in [2.24, 2.45) is 5.41 Å². The van der Waals surface area contributed by atoms with Gasteiger partial charge < -0.3 is 19.0 Å². The first-order valence-corrected chi connectivity index (χ1v) is 12.8. The van der Waals surface area contributed by atoms with Crippen molar-refractivity contribution in [2.75, 3.05) is 6.61 Å². The summed E-state index contributed by atoms with van der Waals surface area (Å²) in [6.45, 7) is 0.510. The van der Waals surface area contributed by atoms with Gasteiger partial charge in [0.2, 0.25) is 5.89 Å². The SMILES string of the molecule is O=C(O)OC(=O)C1(Cc2ccc(OCCCc3nc(-c4ccccc4)oc3-c3ccccc3)cc2)CCC1. The van der Waals surface area contributed by atoms with Gasteiger partial charge in [-0.3, -0.25) is 4.79 Å². The smallest absolute Gasteiger partial charge is 0.494 e. The van der Waals surface area contributed by atoms with Gasteiger partial charge in [0.1, 0.15) is 5.75 Å². The van der Waals surface area contributed by atoms with Gasteiger partial charge in [-0.15, -0.1) is 0 Å². The number of nitrogens with zero attached hydrogens (tertiary/aromatic N) is 1. The fraction of sp³-hybridized carbons (Fsp3) is 0.258. The summed E-state index contributed by atoms with van der Waals surface area (Å²) in [7, 11) is 0. The van der Waals surface area contributed by atoms with E-state index in [1.165, 1.54) is 0 Å². The summed E-state index contributed by atoms with van der Waals surface area (Å²) in [6, 6.07) is 27.4. The summed E-state index contributed by atoms with van der Waals surface area (Å²) in [5.41, 5.74) is 3.03. The van der Waals surface area contributed by atoms with Crippen molar-refractivity contribution in [3.8, 4) is 28.5 Å². The van der Waals surface area contributed by atoms with E-state index in [4.69, 9.17) is 19.2 Å². The van der Waals surface area contributed by atoms with Gasteiger partial charge >= 0.3 is 12.1 Å². The third kappa shape index (κ3) is 5.78. The molecule has 0 aliphatic heterocycles. The van der Waals surface area contributed by atoms with Gasteiger partial charge in [-0.1, -0.05) is 67.1 Å². The van der Waals surface area contributed by atoms with Gasteiger partial charge in [0.25, 0.3) is 0 Å². The Labute approximate surface area is 221 Å². The molecule has 0 unspecified atom stereocenters. The number of hydrogen-bond donors (Lipinski definition) is 1. The van der Waals surface area contributed by atoms with Crippen LogP contribution in [0.4, 0.5) is 4.79 Å². The summed E-state index contributed by atoms with van der Waals surface area (Å²) in [4.78, 5) is 27.9. The molecule has 0 spiro atoms. The van der Waals surface area contributed by atoms with Gasteiger partial charge in [-0.25, -0.2) is 9.78 Å². The lowest BCUT2D eigenvalue weighted by molar-refractivity contribution is -0.156. The average molecular weight is 512 g/mol. The molecule has 1 aromatic heterocycles. The highest BCUT2D eigenvalue weighted by molar-refractivity contribution is 5.86. The largest absolute Gasteiger partial charge is 0.513 e. The van der Waals surface area contributed by atoms with E-state index in [-0.39, 0.29) is 0 Å². The Balaban J connectivity index is 1.19. The molecule has 0 amide bonds. The van der Waals surface area contributed by atoms with E-state index in [1.807, 2.05) is 84.9 Å². The van der Waals surface area contributed by atoms with E-state index < -0.39 is 17.5 Å². The quantitative estimate of drug-likeness (QED) is 0.140. The summed E-state index contributed by atoms with van der Waals surface area (Å²) in [5.74, 6) is 1.46. The van der Waals surface area contributed by atoms with Gasteiger partial charge in [0.05, 0.1) is 17.7 Å². The minimum absolute atomic E-state index is 0.456. The highest BCUT2D eigenvalue weighted by Gasteiger charge is 2.46. The van der Waals surface area contributed by atoms with Crippen LogP contribution in [0, 0.1) is 5.41 Å². The standard InChI is InChI=1S/C31H29NO6/c33-29(38-30(34)35)31(18-8-19-31)21-22-14-16-25(17-15-22)36-20-7-13-26-27(23-9-3-1-4-10-23)37-28(32-26)24-11-5-2-6-12-24/h1-6,9-12,14-17H,7-8,13,18-21H2,(H,34,35). The number of carbonyl (C=O) groups excluding carboxylic acids is 1. The van der Waals surface area contributed by atoms with Crippen LogP contribution >= 0.6 is 0 Å². The van der Waals surface area contributed by atoms with Crippen LogP contribution < -0.4 is 4.74 Å².